The Labute approximate surface area is 338 Å². The Bertz CT molecular complexity index is 2380. The van der Waals surface area contributed by atoms with Crippen LogP contribution in [-0.4, -0.2) is 76.1 Å². The fraction of sp³-hybridized carbons (Fsp3) is 0.349. The van der Waals surface area contributed by atoms with Crippen LogP contribution in [0.3, 0.4) is 0 Å². The van der Waals surface area contributed by atoms with Crippen LogP contribution in [0.1, 0.15) is 107 Å². The Morgan fingerprint density at radius 2 is 1.67 bits per heavy atom. The summed E-state index contributed by atoms with van der Waals surface area (Å²) in [6.45, 7) is 0.849. The number of benzene rings is 3. The zero-order valence-corrected chi connectivity index (χ0v) is 32.3. The molecule has 3 fully saturated rings. The van der Waals surface area contributed by atoms with Crippen molar-refractivity contribution < 1.29 is 38.3 Å². The molecule has 0 bridgehead atoms. The number of nitrogens with zero attached hydrogens (tertiary/aromatic N) is 3. The van der Waals surface area contributed by atoms with E-state index < -0.39 is 41.2 Å². The number of pyridine rings is 1. The second kappa shape index (κ2) is 16.0. The molecule has 4 heterocycles. The first-order valence-electron chi connectivity index (χ1n) is 19.6. The lowest BCUT2D eigenvalue weighted by Gasteiger charge is -2.43. The van der Waals surface area contributed by atoms with Gasteiger partial charge in [-0.05, 0) is 73.9 Å². The minimum atomic E-state index is -1.03. The summed E-state index contributed by atoms with van der Waals surface area (Å²) in [7, 11) is 0. The lowest BCUT2D eigenvalue weighted by atomic mass is 9.65. The van der Waals surface area contributed by atoms with Gasteiger partial charge in [0.05, 0.1) is 29.6 Å². The lowest BCUT2D eigenvalue weighted by molar-refractivity contribution is -0.136. The van der Waals surface area contributed by atoms with Gasteiger partial charge in [0.25, 0.3) is 23.6 Å². The number of carbonyl (C=O) groups is 7. The van der Waals surface area contributed by atoms with E-state index in [9.17, 15) is 33.6 Å². The number of unbranched alkanes of at least 4 members (excludes halogenated alkanes) is 5. The Hall–Kier alpha value is -6.15. The summed E-state index contributed by atoms with van der Waals surface area (Å²) in [4.78, 5) is 96.5. The number of hydrogen-bond acceptors (Lipinski definition) is 9. The maximum absolute atomic E-state index is 13.7. The van der Waals surface area contributed by atoms with Gasteiger partial charge in [-0.2, -0.15) is 0 Å². The number of amides is 8. The quantitative estimate of drug-likeness (QED) is 0.0804. The normalized spacial score (nSPS) is 21.3. The number of halogens is 1. The Balaban J connectivity index is 0.760. The van der Waals surface area contributed by atoms with Crippen LogP contribution in [0.15, 0.2) is 73.1 Å². The van der Waals surface area contributed by atoms with E-state index >= 15 is 0 Å². The Morgan fingerprint density at radius 3 is 2.47 bits per heavy atom. The van der Waals surface area contributed by atoms with Gasteiger partial charge in [0.2, 0.25) is 11.8 Å². The maximum atomic E-state index is 13.7. The number of imide groups is 3. The van der Waals surface area contributed by atoms with Gasteiger partial charge in [-0.25, -0.2) is 9.69 Å². The summed E-state index contributed by atoms with van der Waals surface area (Å²) < 4.78 is 5.92. The third-order valence-corrected chi connectivity index (χ3v) is 11.8. The molecule has 4 aliphatic rings. The molecule has 3 aliphatic heterocycles. The molecule has 0 radical (unpaired) electrons. The SMILES string of the molecule is O=C1CCC(N2C(=O)c3cccc(OCCCCCCCCNC(=O)c4ccc5c(N6C(=O)NC7(CC(c8ccccc8Cl)C7)C6=O)cncc5c4)c3C2=O)C(=O)N1. The predicted octanol–water partition coefficient (Wildman–Crippen LogP) is 5.81. The van der Waals surface area contributed by atoms with Crippen LogP contribution < -0.4 is 25.6 Å². The molecule has 1 atom stereocenters. The highest BCUT2D eigenvalue weighted by atomic mass is 35.5. The molecular weight excluding hydrogens is 764 g/mol. The van der Waals surface area contributed by atoms with E-state index in [1.165, 1.54) is 12.3 Å². The third-order valence-electron chi connectivity index (χ3n) is 11.5. The molecule has 14 nitrogen and oxygen atoms in total. The molecule has 4 aromatic rings. The van der Waals surface area contributed by atoms with E-state index in [2.05, 4.69) is 20.9 Å². The highest BCUT2D eigenvalue weighted by Gasteiger charge is 2.59. The predicted molar refractivity (Wildman–Crippen MR) is 213 cm³/mol. The van der Waals surface area contributed by atoms with Crippen molar-refractivity contribution in [1.29, 1.82) is 0 Å². The first-order chi connectivity index (χ1) is 28.1. The Morgan fingerprint density at radius 1 is 0.897 bits per heavy atom. The minimum Gasteiger partial charge on any atom is -0.493 e. The molecule has 1 saturated carbocycles. The molecule has 1 aromatic heterocycles. The molecule has 3 N–H and O–H groups in total. The molecule has 1 unspecified atom stereocenters. The number of aromatic nitrogens is 1. The van der Waals surface area contributed by atoms with Crippen molar-refractivity contribution in [3.63, 3.8) is 0 Å². The average molecular weight is 805 g/mol. The molecule has 15 heteroatoms. The molecular formula is C43H41ClN6O8. The maximum Gasteiger partial charge on any atom is 0.329 e. The Kier molecular flexibility index (Phi) is 10.7. The summed E-state index contributed by atoms with van der Waals surface area (Å²) in [6, 6.07) is 15.9. The van der Waals surface area contributed by atoms with Gasteiger partial charge in [-0.3, -0.25) is 44.0 Å². The van der Waals surface area contributed by atoms with Crippen LogP contribution in [-0.2, 0) is 14.4 Å². The van der Waals surface area contributed by atoms with Gasteiger partial charge in [-0.15, -0.1) is 0 Å². The van der Waals surface area contributed by atoms with E-state index in [1.807, 2.05) is 24.3 Å². The number of hydrogen-bond donors (Lipinski definition) is 3. The number of anilines is 1. The summed E-state index contributed by atoms with van der Waals surface area (Å²) in [5, 5.41) is 9.99. The van der Waals surface area contributed by atoms with Crippen molar-refractivity contribution in [2.75, 3.05) is 18.1 Å². The number of fused-ring (bicyclic) bond motifs is 2. The first kappa shape index (κ1) is 38.7. The lowest BCUT2D eigenvalue weighted by Crippen LogP contribution is -2.56. The first-order valence-corrected chi connectivity index (χ1v) is 20.0. The topological polar surface area (TPSA) is 184 Å². The van der Waals surface area contributed by atoms with Crippen molar-refractivity contribution >= 4 is 69.5 Å². The van der Waals surface area contributed by atoms with E-state index in [4.69, 9.17) is 16.3 Å². The minimum absolute atomic E-state index is 0.0515. The summed E-state index contributed by atoms with van der Waals surface area (Å²) in [6.07, 6.45) is 9.39. The number of nitrogens with one attached hydrogen (secondary N) is 3. The van der Waals surface area contributed by atoms with E-state index in [-0.39, 0.29) is 41.7 Å². The van der Waals surface area contributed by atoms with Gasteiger partial charge in [0.15, 0.2) is 0 Å². The number of piperidine rings is 1. The molecule has 298 valence electrons. The van der Waals surface area contributed by atoms with Gasteiger partial charge < -0.3 is 15.4 Å². The number of carbonyl (C=O) groups excluding carboxylic acids is 7. The number of rotatable bonds is 14. The summed E-state index contributed by atoms with van der Waals surface area (Å²) in [5.41, 5.74) is 1.11. The fourth-order valence-electron chi connectivity index (χ4n) is 8.43. The van der Waals surface area contributed by atoms with Crippen molar-refractivity contribution in [1.82, 2.24) is 25.8 Å². The van der Waals surface area contributed by atoms with Crippen molar-refractivity contribution in [2.45, 2.75) is 81.7 Å². The van der Waals surface area contributed by atoms with Crippen molar-refractivity contribution in [2.24, 2.45) is 0 Å². The fourth-order valence-corrected chi connectivity index (χ4v) is 8.72. The molecule has 8 rings (SSSR count). The van der Waals surface area contributed by atoms with E-state index in [0.717, 1.165) is 53.9 Å². The van der Waals surface area contributed by atoms with Crippen LogP contribution in [0.25, 0.3) is 10.8 Å². The second-order valence-corrected chi connectivity index (χ2v) is 15.6. The van der Waals surface area contributed by atoms with Gasteiger partial charge >= 0.3 is 6.03 Å². The largest absolute Gasteiger partial charge is 0.493 e. The second-order valence-electron chi connectivity index (χ2n) is 15.2. The summed E-state index contributed by atoms with van der Waals surface area (Å²) >= 11 is 6.39. The van der Waals surface area contributed by atoms with E-state index in [0.29, 0.717) is 58.8 Å². The molecule has 1 aliphatic carbocycles. The van der Waals surface area contributed by atoms with Crippen LogP contribution in [0.5, 0.6) is 5.75 Å². The number of ether oxygens (including phenoxy) is 1. The van der Waals surface area contributed by atoms with Gasteiger partial charge in [0, 0.05) is 40.5 Å². The molecule has 1 spiro atoms. The monoisotopic (exact) mass is 804 g/mol. The van der Waals surface area contributed by atoms with Crippen molar-refractivity contribution in [3.05, 3.63) is 100 Å². The van der Waals surface area contributed by atoms with Crippen LogP contribution >= 0.6 is 11.6 Å². The van der Waals surface area contributed by atoms with Crippen LogP contribution in [0.2, 0.25) is 5.02 Å². The molecule has 2 saturated heterocycles. The zero-order chi connectivity index (χ0) is 40.6. The standard InChI is InChI=1S/C43H41ClN6O8/c44-31-12-6-5-10-28(31)27-21-43(22-27)41(56)50(42(57)48-43)33-24-45-23-26-20-25(14-15-29(26)33)37(52)46-18-7-3-1-2-4-8-19-58-34-13-9-11-30-36(34)40(55)49(39(30)54)32-16-17-35(51)47-38(32)53/h5-6,9-15,20,23-24,27,32H,1-4,7-8,16-19,21-22H2,(H,46,52)(H,48,57)(H,47,51,53). The highest BCUT2D eigenvalue weighted by molar-refractivity contribution is 6.31. The molecule has 3 aromatic carbocycles. The van der Waals surface area contributed by atoms with Gasteiger partial charge in [0.1, 0.15) is 17.3 Å². The molecule has 8 amide bonds. The van der Waals surface area contributed by atoms with Crippen LogP contribution in [0, 0.1) is 0 Å². The molecule has 58 heavy (non-hydrogen) atoms. The van der Waals surface area contributed by atoms with Gasteiger partial charge in [-0.1, -0.05) is 67.6 Å². The van der Waals surface area contributed by atoms with Crippen molar-refractivity contribution in [3.8, 4) is 5.75 Å². The van der Waals surface area contributed by atoms with Crippen LogP contribution in [0.4, 0.5) is 10.5 Å². The smallest absolute Gasteiger partial charge is 0.329 e. The third kappa shape index (κ3) is 7.17. The summed E-state index contributed by atoms with van der Waals surface area (Å²) in [5.74, 6) is -2.44. The zero-order valence-electron chi connectivity index (χ0n) is 31.6. The average Bonchev–Trinajstić information content (AvgIpc) is 3.62. The highest BCUT2D eigenvalue weighted by Crippen LogP contribution is 2.50. The van der Waals surface area contributed by atoms with E-state index in [1.54, 1.807) is 36.5 Å². The number of urea groups is 1.